The number of rotatable bonds is 5. The first kappa shape index (κ1) is 14.9. The third-order valence-corrected chi connectivity index (χ3v) is 3.39. The number of nitrogen functional groups attached to an aromatic ring is 1. The van der Waals surface area contributed by atoms with Crippen molar-refractivity contribution in [3.63, 3.8) is 0 Å². The van der Waals surface area contributed by atoms with Crippen LogP contribution in [0.4, 0.5) is 5.69 Å². The van der Waals surface area contributed by atoms with Crippen LogP contribution in [0.3, 0.4) is 0 Å². The van der Waals surface area contributed by atoms with Gasteiger partial charge in [0.05, 0.1) is 7.11 Å². The maximum Gasteiger partial charge on any atom is 0.257 e. The van der Waals surface area contributed by atoms with E-state index in [1.807, 2.05) is 12.1 Å². The molecule has 0 aliphatic carbocycles. The highest BCUT2D eigenvalue weighted by molar-refractivity contribution is 6.01. The Hall–Kier alpha value is -2.49. The Bertz CT molecular complexity index is 621. The molecule has 0 aliphatic heterocycles. The number of aryl methyl sites for hydroxylation is 1. The van der Waals surface area contributed by atoms with E-state index in [2.05, 4.69) is 24.4 Å². The summed E-state index contributed by atoms with van der Waals surface area (Å²) in [4.78, 5) is 12.3. The first-order valence-corrected chi connectivity index (χ1v) is 6.94. The highest BCUT2D eigenvalue weighted by Gasteiger charge is 2.15. The van der Waals surface area contributed by atoms with Gasteiger partial charge in [-0.3, -0.25) is 4.79 Å². The molecule has 0 radical (unpaired) electrons. The maximum atomic E-state index is 12.3. The molecule has 0 spiro atoms. The van der Waals surface area contributed by atoms with E-state index in [-0.39, 0.29) is 5.91 Å². The number of hydrogen-bond donors (Lipinski definition) is 2. The molecule has 4 heteroatoms. The average Bonchev–Trinajstić information content (AvgIpc) is 2.52. The molecular weight excluding hydrogens is 264 g/mol. The molecular formula is C17H20N2O2. The molecule has 0 aliphatic rings. The van der Waals surface area contributed by atoms with Crippen LogP contribution in [0.1, 0.15) is 28.4 Å². The second kappa shape index (κ2) is 6.79. The van der Waals surface area contributed by atoms with Crippen LogP contribution in [0.15, 0.2) is 42.5 Å². The standard InChI is InChI=1S/C17H20N2O2/c1-3-12-7-9-13(10-8-12)11-19-17(20)16-14(18)5-4-6-15(16)21-2/h4-10H,3,11,18H2,1-2H3,(H,19,20). The zero-order valence-electron chi connectivity index (χ0n) is 12.3. The lowest BCUT2D eigenvalue weighted by atomic mass is 10.1. The van der Waals surface area contributed by atoms with Gasteiger partial charge in [-0.15, -0.1) is 0 Å². The van der Waals surface area contributed by atoms with Crippen molar-refractivity contribution in [2.75, 3.05) is 12.8 Å². The smallest absolute Gasteiger partial charge is 0.257 e. The molecule has 0 saturated carbocycles. The molecule has 0 fully saturated rings. The van der Waals surface area contributed by atoms with Gasteiger partial charge in [0.15, 0.2) is 0 Å². The SMILES string of the molecule is CCc1ccc(CNC(=O)c2c(N)cccc2OC)cc1. The predicted octanol–water partition coefficient (Wildman–Crippen LogP) is 2.77. The van der Waals surface area contributed by atoms with E-state index in [4.69, 9.17) is 10.5 Å². The van der Waals surface area contributed by atoms with Gasteiger partial charge in [0, 0.05) is 12.2 Å². The minimum Gasteiger partial charge on any atom is -0.496 e. The van der Waals surface area contributed by atoms with Gasteiger partial charge in [0.2, 0.25) is 0 Å². The number of carbonyl (C=O) groups is 1. The van der Waals surface area contributed by atoms with E-state index >= 15 is 0 Å². The third-order valence-electron chi connectivity index (χ3n) is 3.39. The molecule has 2 aromatic rings. The zero-order valence-corrected chi connectivity index (χ0v) is 12.3. The molecule has 0 unspecified atom stereocenters. The Kier molecular flexibility index (Phi) is 4.82. The molecule has 0 heterocycles. The van der Waals surface area contributed by atoms with E-state index in [9.17, 15) is 4.79 Å². The fourth-order valence-corrected chi connectivity index (χ4v) is 2.12. The minimum absolute atomic E-state index is 0.232. The number of carbonyl (C=O) groups excluding carboxylic acids is 1. The van der Waals surface area contributed by atoms with Crippen molar-refractivity contribution < 1.29 is 9.53 Å². The quantitative estimate of drug-likeness (QED) is 0.830. The molecule has 2 aromatic carbocycles. The number of nitrogens with one attached hydrogen (secondary N) is 1. The lowest BCUT2D eigenvalue weighted by molar-refractivity contribution is 0.0949. The van der Waals surface area contributed by atoms with Crippen LogP contribution in [0.25, 0.3) is 0 Å². The highest BCUT2D eigenvalue weighted by Crippen LogP contribution is 2.23. The second-order valence-electron chi connectivity index (χ2n) is 4.78. The Morgan fingerprint density at radius 2 is 1.81 bits per heavy atom. The normalized spacial score (nSPS) is 10.2. The summed E-state index contributed by atoms with van der Waals surface area (Å²) in [6.45, 7) is 2.57. The summed E-state index contributed by atoms with van der Waals surface area (Å²) in [5.41, 5.74) is 8.98. The lowest BCUT2D eigenvalue weighted by Gasteiger charge is -2.11. The number of benzene rings is 2. The molecule has 3 N–H and O–H groups in total. The molecule has 0 aromatic heterocycles. The Morgan fingerprint density at radius 1 is 1.14 bits per heavy atom. The molecule has 1 amide bonds. The number of anilines is 1. The van der Waals surface area contributed by atoms with E-state index in [1.54, 1.807) is 18.2 Å². The molecule has 0 atom stereocenters. The Balaban J connectivity index is 2.08. The number of methoxy groups -OCH3 is 1. The average molecular weight is 284 g/mol. The topological polar surface area (TPSA) is 64.4 Å². The summed E-state index contributed by atoms with van der Waals surface area (Å²) in [6.07, 6.45) is 1.00. The van der Waals surface area contributed by atoms with Crippen LogP contribution in [-0.2, 0) is 13.0 Å². The van der Waals surface area contributed by atoms with Gasteiger partial charge in [0.25, 0.3) is 5.91 Å². The fraction of sp³-hybridized carbons (Fsp3) is 0.235. The fourth-order valence-electron chi connectivity index (χ4n) is 2.12. The molecule has 2 rings (SSSR count). The van der Waals surface area contributed by atoms with Crippen LogP contribution >= 0.6 is 0 Å². The van der Waals surface area contributed by atoms with Crippen molar-refractivity contribution in [1.82, 2.24) is 5.32 Å². The molecule has 0 bridgehead atoms. The number of ether oxygens (including phenoxy) is 1. The van der Waals surface area contributed by atoms with Crippen LogP contribution in [0.5, 0.6) is 5.75 Å². The van der Waals surface area contributed by atoms with Gasteiger partial charge in [-0.1, -0.05) is 37.3 Å². The third kappa shape index (κ3) is 3.54. The molecule has 110 valence electrons. The summed E-state index contributed by atoms with van der Waals surface area (Å²) >= 11 is 0. The van der Waals surface area contributed by atoms with Gasteiger partial charge in [-0.25, -0.2) is 0 Å². The van der Waals surface area contributed by atoms with E-state index in [0.717, 1.165) is 12.0 Å². The van der Waals surface area contributed by atoms with E-state index in [1.165, 1.54) is 12.7 Å². The summed E-state index contributed by atoms with van der Waals surface area (Å²) in [5.74, 6) is 0.248. The van der Waals surface area contributed by atoms with Crippen molar-refractivity contribution >= 4 is 11.6 Å². The van der Waals surface area contributed by atoms with Crippen molar-refractivity contribution in [1.29, 1.82) is 0 Å². The number of nitrogens with two attached hydrogens (primary N) is 1. The Morgan fingerprint density at radius 3 is 2.43 bits per heavy atom. The molecule has 0 saturated heterocycles. The number of amides is 1. The maximum absolute atomic E-state index is 12.3. The highest BCUT2D eigenvalue weighted by atomic mass is 16.5. The molecule has 4 nitrogen and oxygen atoms in total. The molecule has 21 heavy (non-hydrogen) atoms. The predicted molar refractivity (Wildman–Crippen MR) is 84.4 cm³/mol. The zero-order chi connectivity index (χ0) is 15.2. The van der Waals surface area contributed by atoms with Crippen molar-refractivity contribution in [3.8, 4) is 5.75 Å². The summed E-state index contributed by atoms with van der Waals surface area (Å²) in [5, 5.41) is 2.87. The number of hydrogen-bond acceptors (Lipinski definition) is 3. The van der Waals surface area contributed by atoms with Gasteiger partial charge in [-0.2, -0.15) is 0 Å². The van der Waals surface area contributed by atoms with Gasteiger partial charge >= 0.3 is 0 Å². The summed E-state index contributed by atoms with van der Waals surface area (Å²) in [6, 6.07) is 13.3. The van der Waals surface area contributed by atoms with Crippen molar-refractivity contribution in [3.05, 3.63) is 59.2 Å². The van der Waals surface area contributed by atoms with E-state index in [0.29, 0.717) is 23.5 Å². The van der Waals surface area contributed by atoms with Crippen LogP contribution < -0.4 is 15.8 Å². The largest absolute Gasteiger partial charge is 0.496 e. The van der Waals surface area contributed by atoms with E-state index < -0.39 is 0 Å². The van der Waals surface area contributed by atoms with Gasteiger partial charge in [-0.05, 0) is 29.7 Å². The first-order chi connectivity index (χ1) is 10.2. The monoisotopic (exact) mass is 284 g/mol. The van der Waals surface area contributed by atoms with Crippen molar-refractivity contribution in [2.45, 2.75) is 19.9 Å². The van der Waals surface area contributed by atoms with Gasteiger partial charge < -0.3 is 15.8 Å². The second-order valence-corrected chi connectivity index (χ2v) is 4.78. The Labute approximate surface area is 124 Å². The minimum atomic E-state index is -0.232. The summed E-state index contributed by atoms with van der Waals surface area (Å²) in [7, 11) is 1.52. The van der Waals surface area contributed by atoms with Crippen molar-refractivity contribution in [2.24, 2.45) is 0 Å². The lowest BCUT2D eigenvalue weighted by Crippen LogP contribution is -2.24. The van der Waals surface area contributed by atoms with Crippen LogP contribution in [0, 0.1) is 0 Å². The van der Waals surface area contributed by atoms with Crippen LogP contribution in [-0.4, -0.2) is 13.0 Å². The first-order valence-electron chi connectivity index (χ1n) is 6.94. The van der Waals surface area contributed by atoms with Gasteiger partial charge in [0.1, 0.15) is 11.3 Å². The summed E-state index contributed by atoms with van der Waals surface area (Å²) < 4.78 is 5.19. The van der Waals surface area contributed by atoms with Crippen LogP contribution in [0.2, 0.25) is 0 Å².